The van der Waals surface area contributed by atoms with E-state index in [2.05, 4.69) is 31.1 Å². The molecule has 1 aromatic heterocycles. The summed E-state index contributed by atoms with van der Waals surface area (Å²) in [5.74, 6) is 0.870. The second-order valence-electron chi connectivity index (χ2n) is 8.34. The van der Waals surface area contributed by atoms with Crippen molar-refractivity contribution in [2.24, 2.45) is 0 Å². The Bertz CT molecular complexity index is 1100. The normalized spacial score (nSPS) is 13.6. The molecule has 0 atom stereocenters. The topological polar surface area (TPSA) is 76.5 Å². The molecule has 2 heterocycles. The van der Waals surface area contributed by atoms with Crippen molar-refractivity contribution < 1.29 is 14.3 Å². The lowest BCUT2D eigenvalue weighted by molar-refractivity contribution is -0.122. The van der Waals surface area contributed by atoms with Crippen LogP contribution in [0.4, 0.5) is 11.6 Å². The fraction of sp³-hybridized carbons (Fsp3) is 0.348. The van der Waals surface area contributed by atoms with Gasteiger partial charge in [0.05, 0.1) is 23.3 Å². The molecule has 7 heteroatoms. The summed E-state index contributed by atoms with van der Waals surface area (Å²) in [6.45, 7) is 7.13. The number of amides is 2. The van der Waals surface area contributed by atoms with Gasteiger partial charge < -0.3 is 14.2 Å². The maximum Gasteiger partial charge on any atom is 0.227 e. The number of nitrogens with one attached hydrogen (secondary N) is 1. The molecule has 0 unspecified atom stereocenters. The molecule has 2 aromatic carbocycles. The van der Waals surface area contributed by atoms with Gasteiger partial charge in [0.1, 0.15) is 12.4 Å². The third kappa shape index (κ3) is 3.87. The van der Waals surface area contributed by atoms with Gasteiger partial charge in [0.25, 0.3) is 0 Å². The standard InChI is InChI=1S/C23H26N4O3/c1-23(2,3)27-17-9-5-4-8-16(17)24-22(27)25-20(28)12-13-21(29)26-14-15-30-19-11-7-6-10-18(19)26/h4-11H,12-15H2,1-3H3,(H,24,25,28). The Morgan fingerprint density at radius 2 is 1.80 bits per heavy atom. The van der Waals surface area contributed by atoms with Crippen molar-refractivity contribution in [2.75, 3.05) is 23.4 Å². The third-order valence-electron chi connectivity index (χ3n) is 5.08. The van der Waals surface area contributed by atoms with Gasteiger partial charge >= 0.3 is 0 Å². The highest BCUT2D eigenvalue weighted by Gasteiger charge is 2.25. The number of fused-ring (bicyclic) bond motifs is 2. The van der Waals surface area contributed by atoms with Gasteiger partial charge in [-0.3, -0.25) is 14.9 Å². The first-order chi connectivity index (χ1) is 14.3. The van der Waals surface area contributed by atoms with Crippen LogP contribution in [-0.4, -0.2) is 34.5 Å². The zero-order chi connectivity index (χ0) is 21.3. The number of anilines is 2. The first-order valence-electron chi connectivity index (χ1n) is 10.1. The lowest BCUT2D eigenvalue weighted by atomic mass is 10.1. The summed E-state index contributed by atoms with van der Waals surface area (Å²) < 4.78 is 7.61. The number of imidazole rings is 1. The van der Waals surface area contributed by atoms with Crippen LogP contribution in [0.25, 0.3) is 11.0 Å². The van der Waals surface area contributed by atoms with Crippen LogP contribution in [0, 0.1) is 0 Å². The Kier molecular flexibility index (Phi) is 5.20. The minimum atomic E-state index is -0.258. The molecule has 0 radical (unpaired) electrons. The van der Waals surface area contributed by atoms with Crippen molar-refractivity contribution in [3.63, 3.8) is 0 Å². The van der Waals surface area contributed by atoms with Gasteiger partial charge in [0, 0.05) is 18.4 Å². The molecule has 0 bridgehead atoms. The molecule has 1 aliphatic heterocycles. The molecule has 0 fully saturated rings. The van der Waals surface area contributed by atoms with E-state index in [4.69, 9.17) is 4.74 Å². The van der Waals surface area contributed by atoms with E-state index in [9.17, 15) is 9.59 Å². The van der Waals surface area contributed by atoms with Crippen molar-refractivity contribution in [1.29, 1.82) is 0 Å². The van der Waals surface area contributed by atoms with E-state index in [1.807, 2.05) is 53.1 Å². The number of carbonyl (C=O) groups excluding carboxylic acids is 2. The zero-order valence-electron chi connectivity index (χ0n) is 17.5. The molecule has 0 saturated heterocycles. The summed E-state index contributed by atoms with van der Waals surface area (Å²) in [4.78, 5) is 31.7. The summed E-state index contributed by atoms with van der Waals surface area (Å²) in [6.07, 6.45) is 0.210. The Balaban J connectivity index is 1.46. The largest absolute Gasteiger partial charge is 0.490 e. The van der Waals surface area contributed by atoms with Crippen LogP contribution in [0.1, 0.15) is 33.6 Å². The SMILES string of the molecule is CC(C)(C)n1c(NC(=O)CCC(=O)N2CCOc3ccccc32)nc2ccccc21. The molecular weight excluding hydrogens is 380 g/mol. The van der Waals surface area contributed by atoms with E-state index in [1.54, 1.807) is 4.90 Å². The summed E-state index contributed by atoms with van der Waals surface area (Å²) in [6, 6.07) is 15.2. The van der Waals surface area contributed by atoms with Crippen LogP contribution in [0.5, 0.6) is 5.75 Å². The Hall–Kier alpha value is -3.35. The molecule has 0 spiro atoms. The second kappa shape index (κ2) is 7.82. The molecule has 30 heavy (non-hydrogen) atoms. The summed E-state index contributed by atoms with van der Waals surface area (Å²) in [7, 11) is 0. The van der Waals surface area contributed by atoms with E-state index < -0.39 is 0 Å². The molecule has 1 aliphatic rings. The van der Waals surface area contributed by atoms with Gasteiger partial charge in [-0.2, -0.15) is 0 Å². The molecule has 2 amide bonds. The lowest BCUT2D eigenvalue weighted by Gasteiger charge is -2.29. The first-order valence-corrected chi connectivity index (χ1v) is 10.1. The van der Waals surface area contributed by atoms with Crippen molar-refractivity contribution in [3.05, 3.63) is 48.5 Å². The van der Waals surface area contributed by atoms with Crippen molar-refractivity contribution in [3.8, 4) is 5.75 Å². The number of nitrogens with zero attached hydrogens (tertiary/aromatic N) is 3. The number of hydrogen-bond donors (Lipinski definition) is 1. The molecule has 7 nitrogen and oxygen atoms in total. The fourth-order valence-electron chi connectivity index (χ4n) is 3.76. The number of aromatic nitrogens is 2. The molecular formula is C23H26N4O3. The quantitative estimate of drug-likeness (QED) is 0.712. The van der Waals surface area contributed by atoms with Crippen LogP contribution in [0.15, 0.2) is 48.5 Å². The number of benzene rings is 2. The van der Waals surface area contributed by atoms with Gasteiger partial charge in [-0.05, 0) is 45.0 Å². The van der Waals surface area contributed by atoms with Crippen LogP contribution < -0.4 is 15.0 Å². The summed E-state index contributed by atoms with van der Waals surface area (Å²) >= 11 is 0. The van der Waals surface area contributed by atoms with Crippen LogP contribution >= 0.6 is 0 Å². The fourth-order valence-corrected chi connectivity index (χ4v) is 3.76. The number of rotatable bonds is 4. The lowest BCUT2D eigenvalue weighted by Crippen LogP contribution is -2.38. The van der Waals surface area contributed by atoms with Crippen LogP contribution in [-0.2, 0) is 15.1 Å². The van der Waals surface area contributed by atoms with E-state index in [1.165, 1.54) is 0 Å². The number of ether oxygens (including phenoxy) is 1. The predicted octanol–water partition coefficient (Wildman–Crippen LogP) is 3.94. The van der Waals surface area contributed by atoms with Gasteiger partial charge in [-0.15, -0.1) is 0 Å². The molecule has 0 aliphatic carbocycles. The Morgan fingerprint density at radius 3 is 2.60 bits per heavy atom. The summed E-state index contributed by atoms with van der Waals surface area (Å²) in [5.41, 5.74) is 2.28. The van der Waals surface area contributed by atoms with E-state index >= 15 is 0 Å². The Morgan fingerprint density at radius 1 is 1.07 bits per heavy atom. The zero-order valence-corrected chi connectivity index (χ0v) is 17.5. The second-order valence-corrected chi connectivity index (χ2v) is 8.34. The summed E-state index contributed by atoms with van der Waals surface area (Å²) in [5, 5.41) is 2.90. The highest BCUT2D eigenvalue weighted by molar-refractivity contribution is 5.99. The number of para-hydroxylation sites is 4. The van der Waals surface area contributed by atoms with Gasteiger partial charge in [-0.1, -0.05) is 24.3 Å². The minimum absolute atomic E-state index is 0.0890. The molecule has 4 rings (SSSR count). The Labute approximate surface area is 175 Å². The van der Waals surface area contributed by atoms with E-state index in [0.717, 1.165) is 16.7 Å². The minimum Gasteiger partial charge on any atom is -0.490 e. The molecule has 0 saturated carbocycles. The smallest absolute Gasteiger partial charge is 0.227 e. The number of hydrogen-bond acceptors (Lipinski definition) is 4. The molecule has 3 aromatic rings. The highest BCUT2D eigenvalue weighted by atomic mass is 16.5. The van der Waals surface area contributed by atoms with Gasteiger partial charge in [0.15, 0.2) is 0 Å². The van der Waals surface area contributed by atoms with E-state index in [-0.39, 0.29) is 30.2 Å². The van der Waals surface area contributed by atoms with Crippen LogP contribution in [0.3, 0.4) is 0 Å². The van der Waals surface area contributed by atoms with Gasteiger partial charge in [0.2, 0.25) is 17.8 Å². The molecule has 156 valence electrons. The maximum atomic E-state index is 12.8. The van der Waals surface area contributed by atoms with E-state index in [0.29, 0.717) is 24.8 Å². The monoisotopic (exact) mass is 406 g/mol. The average molecular weight is 406 g/mol. The van der Waals surface area contributed by atoms with Gasteiger partial charge in [-0.25, -0.2) is 4.98 Å². The first kappa shape index (κ1) is 19.9. The van der Waals surface area contributed by atoms with Crippen molar-refractivity contribution in [1.82, 2.24) is 9.55 Å². The molecule has 1 N–H and O–H groups in total. The average Bonchev–Trinajstić information content (AvgIpc) is 3.09. The van der Waals surface area contributed by atoms with Crippen molar-refractivity contribution >= 4 is 34.5 Å². The van der Waals surface area contributed by atoms with Crippen molar-refractivity contribution in [2.45, 2.75) is 39.2 Å². The number of carbonyl (C=O) groups is 2. The highest BCUT2D eigenvalue weighted by Crippen LogP contribution is 2.31. The van der Waals surface area contributed by atoms with Crippen LogP contribution in [0.2, 0.25) is 0 Å². The predicted molar refractivity (Wildman–Crippen MR) is 117 cm³/mol. The maximum absolute atomic E-state index is 12.8. The third-order valence-corrected chi connectivity index (χ3v) is 5.08.